The van der Waals surface area contributed by atoms with Crippen molar-refractivity contribution in [2.45, 2.75) is 26.3 Å². The molecule has 0 bridgehead atoms. The molecule has 2 aromatic rings. The van der Waals surface area contributed by atoms with E-state index in [1.165, 1.54) is 0 Å². The standard InChI is InChI=1S/C16H21N3O/c1-4-7-14-18-15(16(17)19(14)10-5-2)12-8-6-9-13(11-12)20-3/h5-6,8-9,11H,2,4,7,10,17H2,1,3H3. The summed E-state index contributed by atoms with van der Waals surface area (Å²) in [7, 11) is 1.65. The van der Waals surface area contributed by atoms with Crippen molar-refractivity contribution in [3.63, 3.8) is 0 Å². The molecule has 0 fully saturated rings. The molecule has 4 heteroatoms. The maximum atomic E-state index is 6.26. The number of allylic oxidation sites excluding steroid dienone is 1. The molecule has 106 valence electrons. The number of nitrogens with two attached hydrogens (primary N) is 1. The number of methoxy groups -OCH3 is 1. The van der Waals surface area contributed by atoms with Gasteiger partial charge in [-0.05, 0) is 18.6 Å². The van der Waals surface area contributed by atoms with Crippen LogP contribution in [0.1, 0.15) is 19.2 Å². The number of nitrogens with zero attached hydrogens (tertiary/aromatic N) is 2. The van der Waals surface area contributed by atoms with E-state index in [0.29, 0.717) is 12.4 Å². The molecule has 2 N–H and O–H groups in total. The second-order valence-electron chi connectivity index (χ2n) is 4.64. The van der Waals surface area contributed by atoms with E-state index in [1.54, 1.807) is 7.11 Å². The van der Waals surface area contributed by atoms with Crippen LogP contribution in [0.2, 0.25) is 0 Å². The summed E-state index contributed by atoms with van der Waals surface area (Å²) >= 11 is 0. The minimum Gasteiger partial charge on any atom is -0.497 e. The Kier molecular flexibility index (Phi) is 4.45. The normalized spacial score (nSPS) is 10.5. The molecule has 0 radical (unpaired) electrons. The van der Waals surface area contributed by atoms with Crippen LogP contribution in [0.25, 0.3) is 11.3 Å². The van der Waals surface area contributed by atoms with Crippen molar-refractivity contribution in [3.8, 4) is 17.0 Å². The highest BCUT2D eigenvalue weighted by Crippen LogP contribution is 2.29. The average Bonchev–Trinajstić information content (AvgIpc) is 2.77. The fraction of sp³-hybridized carbons (Fsp3) is 0.312. The third kappa shape index (κ3) is 2.69. The van der Waals surface area contributed by atoms with Crippen molar-refractivity contribution in [2.24, 2.45) is 0 Å². The largest absolute Gasteiger partial charge is 0.497 e. The zero-order valence-corrected chi connectivity index (χ0v) is 12.1. The number of imidazole rings is 1. The fourth-order valence-electron chi connectivity index (χ4n) is 2.24. The van der Waals surface area contributed by atoms with Crippen molar-refractivity contribution in [1.29, 1.82) is 0 Å². The van der Waals surface area contributed by atoms with E-state index in [0.717, 1.165) is 35.7 Å². The van der Waals surface area contributed by atoms with E-state index >= 15 is 0 Å². The molecule has 1 aromatic heterocycles. The Morgan fingerprint density at radius 2 is 2.25 bits per heavy atom. The highest BCUT2D eigenvalue weighted by atomic mass is 16.5. The monoisotopic (exact) mass is 271 g/mol. The molecule has 0 amide bonds. The molecule has 0 spiro atoms. The summed E-state index contributed by atoms with van der Waals surface area (Å²) < 4.78 is 7.28. The maximum absolute atomic E-state index is 6.26. The first kappa shape index (κ1) is 14.2. The number of nitrogen functional groups attached to an aromatic ring is 1. The van der Waals surface area contributed by atoms with Gasteiger partial charge in [0.25, 0.3) is 0 Å². The lowest BCUT2D eigenvalue weighted by molar-refractivity contribution is 0.415. The van der Waals surface area contributed by atoms with Gasteiger partial charge in [0.2, 0.25) is 0 Å². The van der Waals surface area contributed by atoms with Crippen LogP contribution in [0.4, 0.5) is 5.82 Å². The first-order chi connectivity index (χ1) is 9.71. The van der Waals surface area contributed by atoms with Crippen LogP contribution in [0.15, 0.2) is 36.9 Å². The Hall–Kier alpha value is -2.23. The van der Waals surface area contributed by atoms with Gasteiger partial charge in [0.05, 0.1) is 7.11 Å². The first-order valence-electron chi connectivity index (χ1n) is 6.81. The number of anilines is 1. The van der Waals surface area contributed by atoms with Crippen LogP contribution in [0.5, 0.6) is 5.75 Å². The van der Waals surface area contributed by atoms with Gasteiger partial charge >= 0.3 is 0 Å². The summed E-state index contributed by atoms with van der Waals surface area (Å²) in [4.78, 5) is 4.70. The lowest BCUT2D eigenvalue weighted by Gasteiger charge is -2.06. The molecule has 0 unspecified atom stereocenters. The summed E-state index contributed by atoms with van der Waals surface area (Å²) in [5, 5.41) is 0. The molecule has 0 aliphatic rings. The van der Waals surface area contributed by atoms with Crippen molar-refractivity contribution < 1.29 is 4.74 Å². The SMILES string of the molecule is C=CCn1c(CCC)nc(-c2cccc(OC)c2)c1N. The quantitative estimate of drug-likeness (QED) is 0.820. The van der Waals surface area contributed by atoms with Gasteiger partial charge in [0.1, 0.15) is 23.1 Å². The minimum absolute atomic E-state index is 0.679. The van der Waals surface area contributed by atoms with Gasteiger partial charge in [0.15, 0.2) is 0 Å². The van der Waals surface area contributed by atoms with Crippen LogP contribution in [0, 0.1) is 0 Å². The van der Waals surface area contributed by atoms with E-state index in [2.05, 4.69) is 13.5 Å². The third-order valence-electron chi connectivity index (χ3n) is 3.21. The van der Waals surface area contributed by atoms with Crippen molar-refractivity contribution in [3.05, 3.63) is 42.7 Å². The molecule has 1 aromatic carbocycles. The number of aromatic nitrogens is 2. The lowest BCUT2D eigenvalue weighted by atomic mass is 10.1. The Morgan fingerprint density at radius 3 is 2.90 bits per heavy atom. The van der Waals surface area contributed by atoms with Gasteiger partial charge in [-0.1, -0.05) is 25.1 Å². The summed E-state index contributed by atoms with van der Waals surface area (Å²) in [5.41, 5.74) is 8.04. The topological polar surface area (TPSA) is 53.1 Å². The van der Waals surface area contributed by atoms with Crippen LogP contribution >= 0.6 is 0 Å². The first-order valence-corrected chi connectivity index (χ1v) is 6.81. The molecule has 20 heavy (non-hydrogen) atoms. The van der Waals surface area contributed by atoms with Crippen LogP contribution in [0.3, 0.4) is 0 Å². The van der Waals surface area contributed by atoms with E-state index < -0.39 is 0 Å². The predicted molar refractivity (Wildman–Crippen MR) is 82.8 cm³/mol. The summed E-state index contributed by atoms with van der Waals surface area (Å²) in [6, 6.07) is 7.80. The Bertz CT molecular complexity index is 602. The smallest absolute Gasteiger partial charge is 0.132 e. The number of benzene rings is 1. The Balaban J connectivity index is 2.50. The molecule has 0 saturated heterocycles. The van der Waals surface area contributed by atoms with Gasteiger partial charge < -0.3 is 15.0 Å². The maximum Gasteiger partial charge on any atom is 0.132 e. The molecule has 1 heterocycles. The Labute approximate surface area is 119 Å². The second kappa shape index (κ2) is 6.28. The van der Waals surface area contributed by atoms with Gasteiger partial charge in [-0.25, -0.2) is 4.98 Å². The van der Waals surface area contributed by atoms with E-state index in [4.69, 9.17) is 15.5 Å². The molecule has 0 aliphatic heterocycles. The van der Waals surface area contributed by atoms with Crippen LogP contribution in [-0.4, -0.2) is 16.7 Å². The third-order valence-corrected chi connectivity index (χ3v) is 3.21. The number of hydrogen-bond acceptors (Lipinski definition) is 3. The van der Waals surface area contributed by atoms with Gasteiger partial charge in [-0.3, -0.25) is 0 Å². The summed E-state index contributed by atoms with van der Waals surface area (Å²) in [6.07, 6.45) is 3.78. The number of hydrogen-bond donors (Lipinski definition) is 1. The molecular weight excluding hydrogens is 250 g/mol. The van der Waals surface area contributed by atoms with Crippen LogP contribution < -0.4 is 10.5 Å². The summed E-state index contributed by atoms with van der Waals surface area (Å²) in [5.74, 6) is 2.49. The number of aryl methyl sites for hydroxylation is 1. The summed E-state index contributed by atoms with van der Waals surface area (Å²) in [6.45, 7) is 6.60. The predicted octanol–water partition coefficient (Wildman–Crippen LogP) is 3.28. The highest BCUT2D eigenvalue weighted by Gasteiger charge is 2.15. The molecule has 0 aliphatic carbocycles. The highest BCUT2D eigenvalue weighted by molar-refractivity contribution is 5.72. The zero-order valence-electron chi connectivity index (χ0n) is 12.1. The van der Waals surface area contributed by atoms with Gasteiger partial charge in [-0.2, -0.15) is 0 Å². The van der Waals surface area contributed by atoms with Crippen molar-refractivity contribution in [2.75, 3.05) is 12.8 Å². The van der Waals surface area contributed by atoms with E-state index in [-0.39, 0.29) is 0 Å². The number of ether oxygens (including phenoxy) is 1. The molecule has 4 nitrogen and oxygen atoms in total. The van der Waals surface area contributed by atoms with Crippen molar-refractivity contribution in [1.82, 2.24) is 9.55 Å². The van der Waals surface area contributed by atoms with Crippen molar-refractivity contribution >= 4 is 5.82 Å². The molecule has 0 atom stereocenters. The molecular formula is C16H21N3O. The van der Waals surface area contributed by atoms with E-state index in [9.17, 15) is 0 Å². The fourth-order valence-corrected chi connectivity index (χ4v) is 2.24. The zero-order chi connectivity index (χ0) is 14.5. The van der Waals surface area contributed by atoms with E-state index in [1.807, 2.05) is 34.9 Å². The second-order valence-corrected chi connectivity index (χ2v) is 4.64. The van der Waals surface area contributed by atoms with Gasteiger partial charge in [0, 0.05) is 18.5 Å². The number of rotatable bonds is 6. The molecule has 0 saturated carbocycles. The average molecular weight is 271 g/mol. The Morgan fingerprint density at radius 1 is 1.45 bits per heavy atom. The van der Waals surface area contributed by atoms with Crippen LogP contribution in [-0.2, 0) is 13.0 Å². The van der Waals surface area contributed by atoms with Gasteiger partial charge in [-0.15, -0.1) is 6.58 Å². The molecule has 2 rings (SSSR count). The minimum atomic E-state index is 0.679. The lowest BCUT2D eigenvalue weighted by Crippen LogP contribution is -2.05.